The Balaban J connectivity index is 1.68. The van der Waals surface area contributed by atoms with E-state index in [1.54, 1.807) is 55.3 Å². The maximum Gasteiger partial charge on any atom is 0.229 e. The number of ether oxygens (including phenoxy) is 1. The van der Waals surface area contributed by atoms with Crippen LogP contribution in [0.4, 0.5) is 15.8 Å². The number of amides is 2. The first-order chi connectivity index (χ1) is 12.0. The second kappa shape index (κ2) is 6.93. The van der Waals surface area contributed by atoms with Crippen LogP contribution in [-0.4, -0.2) is 25.5 Å². The number of hydrogen-bond donors (Lipinski definition) is 1. The van der Waals surface area contributed by atoms with E-state index < -0.39 is 5.92 Å². The Hall–Kier alpha value is -2.89. The molecule has 0 unspecified atom stereocenters. The number of nitrogens with zero attached hydrogens (tertiary/aromatic N) is 1. The lowest BCUT2D eigenvalue weighted by atomic mass is 10.1. The van der Waals surface area contributed by atoms with Gasteiger partial charge in [0.15, 0.2) is 0 Å². The molecule has 0 aliphatic carbocycles. The summed E-state index contributed by atoms with van der Waals surface area (Å²) in [6, 6.07) is 11.6. The largest absolute Gasteiger partial charge is 0.497 e. The minimum atomic E-state index is -0.473. The molecule has 0 saturated carbocycles. The number of methoxy groups -OCH3 is 1. The zero-order chi connectivity index (χ0) is 18.0. The number of carbonyl (C=O) groups is 2. The number of carbonyl (C=O) groups excluding carboxylic acids is 2. The third kappa shape index (κ3) is 3.63. The van der Waals surface area contributed by atoms with Crippen molar-refractivity contribution in [1.82, 2.24) is 0 Å². The third-order valence-electron chi connectivity index (χ3n) is 4.32. The highest BCUT2D eigenvalue weighted by Gasteiger charge is 2.35. The van der Waals surface area contributed by atoms with Gasteiger partial charge in [0.2, 0.25) is 11.8 Å². The molecule has 1 aliphatic heterocycles. The van der Waals surface area contributed by atoms with E-state index >= 15 is 0 Å². The maximum atomic E-state index is 13.6. The number of nitrogens with one attached hydrogen (secondary N) is 1. The molecule has 130 valence electrons. The summed E-state index contributed by atoms with van der Waals surface area (Å²) in [5.41, 5.74) is 1.63. The molecule has 3 rings (SSSR count). The van der Waals surface area contributed by atoms with Gasteiger partial charge in [-0.25, -0.2) is 4.39 Å². The Morgan fingerprint density at radius 1 is 1.24 bits per heavy atom. The molecule has 0 radical (unpaired) electrons. The Morgan fingerprint density at radius 2 is 1.96 bits per heavy atom. The van der Waals surface area contributed by atoms with Gasteiger partial charge in [-0.1, -0.05) is 6.07 Å². The van der Waals surface area contributed by atoms with Crippen molar-refractivity contribution < 1.29 is 18.7 Å². The van der Waals surface area contributed by atoms with E-state index in [-0.39, 0.29) is 24.1 Å². The van der Waals surface area contributed by atoms with Gasteiger partial charge < -0.3 is 15.0 Å². The third-order valence-corrected chi connectivity index (χ3v) is 4.32. The molecule has 0 spiro atoms. The van der Waals surface area contributed by atoms with Crippen LogP contribution in [0.3, 0.4) is 0 Å². The average Bonchev–Trinajstić information content (AvgIpc) is 3.00. The van der Waals surface area contributed by atoms with Crippen molar-refractivity contribution in [2.24, 2.45) is 5.92 Å². The Kier molecular flexibility index (Phi) is 4.70. The molecule has 1 fully saturated rings. The summed E-state index contributed by atoms with van der Waals surface area (Å²) < 4.78 is 18.7. The molecule has 2 aromatic rings. The predicted octanol–water partition coefficient (Wildman–Crippen LogP) is 3.13. The summed E-state index contributed by atoms with van der Waals surface area (Å²) >= 11 is 0. The number of hydrogen-bond acceptors (Lipinski definition) is 3. The molecule has 1 heterocycles. The van der Waals surface area contributed by atoms with Gasteiger partial charge in [0.05, 0.1) is 13.0 Å². The predicted molar refractivity (Wildman–Crippen MR) is 93.2 cm³/mol. The second-order valence-corrected chi connectivity index (χ2v) is 6.06. The summed E-state index contributed by atoms with van der Waals surface area (Å²) in [7, 11) is 1.57. The molecule has 1 atom stereocenters. The summed E-state index contributed by atoms with van der Waals surface area (Å²) in [6.07, 6.45) is 0.131. The van der Waals surface area contributed by atoms with Crippen molar-refractivity contribution in [2.75, 3.05) is 23.9 Å². The number of rotatable bonds is 4. The highest BCUT2D eigenvalue weighted by atomic mass is 19.1. The molecule has 0 aromatic heterocycles. The number of benzene rings is 2. The Morgan fingerprint density at radius 3 is 2.60 bits per heavy atom. The van der Waals surface area contributed by atoms with E-state index in [0.717, 1.165) is 5.69 Å². The van der Waals surface area contributed by atoms with Crippen LogP contribution in [-0.2, 0) is 9.59 Å². The van der Waals surface area contributed by atoms with Gasteiger partial charge in [-0.15, -0.1) is 0 Å². The summed E-state index contributed by atoms with van der Waals surface area (Å²) in [6.45, 7) is 1.95. The minimum Gasteiger partial charge on any atom is -0.497 e. The second-order valence-electron chi connectivity index (χ2n) is 6.06. The van der Waals surface area contributed by atoms with Crippen molar-refractivity contribution >= 4 is 23.2 Å². The van der Waals surface area contributed by atoms with E-state index in [1.165, 1.54) is 6.07 Å². The van der Waals surface area contributed by atoms with Crippen LogP contribution in [0.1, 0.15) is 12.0 Å². The van der Waals surface area contributed by atoms with E-state index in [0.29, 0.717) is 23.5 Å². The zero-order valence-corrected chi connectivity index (χ0v) is 14.1. The van der Waals surface area contributed by atoms with Crippen molar-refractivity contribution in [3.8, 4) is 5.75 Å². The minimum absolute atomic E-state index is 0.111. The van der Waals surface area contributed by atoms with Crippen LogP contribution < -0.4 is 15.0 Å². The normalized spacial score (nSPS) is 16.8. The van der Waals surface area contributed by atoms with Gasteiger partial charge >= 0.3 is 0 Å². The van der Waals surface area contributed by atoms with Crippen LogP contribution in [0.2, 0.25) is 0 Å². The fourth-order valence-corrected chi connectivity index (χ4v) is 2.81. The highest BCUT2D eigenvalue weighted by molar-refractivity contribution is 6.03. The molecule has 2 aromatic carbocycles. The van der Waals surface area contributed by atoms with E-state index in [4.69, 9.17) is 4.74 Å². The van der Waals surface area contributed by atoms with Crippen molar-refractivity contribution in [1.29, 1.82) is 0 Å². The maximum absolute atomic E-state index is 13.6. The SMILES string of the molecule is COc1ccc(N2C[C@H](C(=O)Nc3ccc(C)c(F)c3)CC2=O)cc1. The molecule has 1 N–H and O–H groups in total. The van der Waals surface area contributed by atoms with Crippen LogP contribution in [0.5, 0.6) is 5.75 Å². The molecular weight excluding hydrogens is 323 g/mol. The standard InChI is InChI=1S/C19H19FN2O3/c1-12-3-4-14(10-17(12)20)21-19(24)13-9-18(23)22(11-13)15-5-7-16(25-2)8-6-15/h3-8,10,13H,9,11H2,1-2H3,(H,21,24)/t13-/m1/s1. The van der Waals surface area contributed by atoms with Gasteiger partial charge in [0.1, 0.15) is 11.6 Å². The molecular formula is C19H19FN2O3. The first-order valence-electron chi connectivity index (χ1n) is 7.99. The lowest BCUT2D eigenvalue weighted by Gasteiger charge is -2.17. The topological polar surface area (TPSA) is 58.6 Å². The van der Waals surface area contributed by atoms with Crippen molar-refractivity contribution in [3.63, 3.8) is 0 Å². The fraction of sp³-hybridized carbons (Fsp3) is 0.263. The highest BCUT2D eigenvalue weighted by Crippen LogP contribution is 2.27. The summed E-state index contributed by atoms with van der Waals surface area (Å²) in [5.74, 6) is -0.543. The van der Waals surface area contributed by atoms with Crippen LogP contribution >= 0.6 is 0 Å². The Bertz CT molecular complexity index is 805. The smallest absolute Gasteiger partial charge is 0.229 e. The van der Waals surface area contributed by atoms with E-state index in [9.17, 15) is 14.0 Å². The zero-order valence-electron chi connectivity index (χ0n) is 14.1. The molecule has 0 bridgehead atoms. The molecule has 5 nitrogen and oxygen atoms in total. The molecule has 25 heavy (non-hydrogen) atoms. The average molecular weight is 342 g/mol. The quantitative estimate of drug-likeness (QED) is 0.929. The monoisotopic (exact) mass is 342 g/mol. The molecule has 1 aliphatic rings. The van der Waals surface area contributed by atoms with Gasteiger partial charge in [-0.05, 0) is 48.9 Å². The van der Waals surface area contributed by atoms with Gasteiger partial charge in [-0.2, -0.15) is 0 Å². The van der Waals surface area contributed by atoms with Crippen LogP contribution in [0, 0.1) is 18.7 Å². The van der Waals surface area contributed by atoms with Gasteiger partial charge in [0.25, 0.3) is 0 Å². The lowest BCUT2D eigenvalue weighted by molar-refractivity contribution is -0.122. The van der Waals surface area contributed by atoms with Gasteiger partial charge in [-0.3, -0.25) is 9.59 Å². The Labute approximate surface area is 145 Å². The number of halogens is 1. The number of anilines is 2. The van der Waals surface area contributed by atoms with Crippen molar-refractivity contribution in [3.05, 3.63) is 53.8 Å². The van der Waals surface area contributed by atoms with E-state index in [1.807, 2.05) is 0 Å². The summed E-state index contributed by atoms with van der Waals surface area (Å²) in [5, 5.41) is 2.68. The molecule has 2 amide bonds. The molecule has 1 saturated heterocycles. The first kappa shape index (κ1) is 17.0. The lowest BCUT2D eigenvalue weighted by Crippen LogP contribution is -2.28. The fourth-order valence-electron chi connectivity index (χ4n) is 2.81. The van der Waals surface area contributed by atoms with E-state index in [2.05, 4.69) is 5.32 Å². The van der Waals surface area contributed by atoms with Crippen LogP contribution in [0.25, 0.3) is 0 Å². The van der Waals surface area contributed by atoms with Crippen LogP contribution in [0.15, 0.2) is 42.5 Å². The molecule has 6 heteroatoms. The summed E-state index contributed by atoms with van der Waals surface area (Å²) in [4.78, 5) is 26.2. The first-order valence-corrected chi connectivity index (χ1v) is 7.99. The number of aryl methyl sites for hydroxylation is 1. The van der Waals surface area contributed by atoms with Gasteiger partial charge in [0, 0.05) is 24.3 Å². The van der Waals surface area contributed by atoms with Crippen molar-refractivity contribution in [2.45, 2.75) is 13.3 Å².